The van der Waals surface area contributed by atoms with Gasteiger partial charge in [0.05, 0.1) is 5.69 Å². The molecule has 4 rings (SSSR count). The highest BCUT2D eigenvalue weighted by Crippen LogP contribution is 2.44. The summed E-state index contributed by atoms with van der Waals surface area (Å²) in [6, 6.07) is 8.35. The Kier molecular flexibility index (Phi) is 2.21. The molecule has 3 heterocycles. The molecular weight excluding hydrogens is 248 g/mol. The van der Waals surface area contributed by atoms with E-state index in [0.717, 1.165) is 36.2 Å². The maximum absolute atomic E-state index is 12.8. The van der Waals surface area contributed by atoms with Gasteiger partial charge >= 0.3 is 0 Å². The number of carbonyl (C=O) groups excluding carboxylic acids is 1. The van der Waals surface area contributed by atoms with Crippen LogP contribution in [0.4, 0.5) is 0 Å². The second-order valence-corrected chi connectivity index (χ2v) is 5.88. The number of Topliss-reactive ketones (excluding diaryl/α,β-unsaturated/α-hetero) is 1. The number of H-pyrrole nitrogens is 1. The first-order valence-electron chi connectivity index (χ1n) is 7.28. The van der Waals surface area contributed by atoms with Gasteiger partial charge in [-0.05, 0) is 31.4 Å². The van der Waals surface area contributed by atoms with Gasteiger partial charge in [0.2, 0.25) is 0 Å². The minimum absolute atomic E-state index is 0.257. The third-order valence-electron chi connectivity index (χ3n) is 4.90. The van der Waals surface area contributed by atoms with Crippen LogP contribution in [-0.2, 0) is 16.8 Å². The van der Waals surface area contributed by atoms with Crippen LogP contribution in [0.25, 0.3) is 10.9 Å². The first-order chi connectivity index (χ1) is 9.66. The van der Waals surface area contributed by atoms with Gasteiger partial charge in [0, 0.05) is 29.2 Å². The smallest absolute Gasteiger partial charge is 0.191 e. The van der Waals surface area contributed by atoms with Crippen molar-refractivity contribution in [2.75, 3.05) is 6.54 Å². The summed E-state index contributed by atoms with van der Waals surface area (Å²) in [4.78, 5) is 18.5. The number of ketones is 1. The highest BCUT2D eigenvalue weighted by Gasteiger charge is 2.49. The Hall–Kier alpha value is -2.03. The Balaban J connectivity index is 1.97. The van der Waals surface area contributed by atoms with Crippen LogP contribution >= 0.6 is 0 Å². The van der Waals surface area contributed by atoms with Crippen molar-refractivity contribution in [2.24, 2.45) is 0 Å². The number of fused-ring (bicyclic) bond motifs is 5. The van der Waals surface area contributed by atoms with Crippen LogP contribution in [0.5, 0.6) is 0 Å². The van der Waals surface area contributed by atoms with E-state index in [9.17, 15) is 4.79 Å². The number of hydrogen-bond donors (Lipinski definition) is 1. The van der Waals surface area contributed by atoms with Crippen LogP contribution in [0.1, 0.15) is 31.5 Å². The molecule has 0 saturated carbocycles. The Labute approximate surface area is 118 Å². The summed E-state index contributed by atoms with van der Waals surface area (Å²) in [6.45, 7) is 5.03. The number of hydrogen-bond acceptors (Lipinski definition) is 2. The quantitative estimate of drug-likeness (QED) is 0.861. The highest BCUT2D eigenvalue weighted by molar-refractivity contribution is 6.06. The number of para-hydroxylation sites is 1. The molecule has 1 N–H and O–H groups in total. The first-order valence-corrected chi connectivity index (χ1v) is 7.28. The fourth-order valence-electron chi connectivity index (χ4n) is 3.72. The Morgan fingerprint density at radius 3 is 2.95 bits per heavy atom. The van der Waals surface area contributed by atoms with Crippen LogP contribution in [0.2, 0.25) is 0 Å². The molecule has 2 aliphatic heterocycles. The third-order valence-corrected chi connectivity index (χ3v) is 4.90. The molecule has 1 unspecified atom stereocenters. The SMILES string of the molecule is CCC1=CN2CCc3c([nH]c4ccccc34)C2(C)C1=O. The molecule has 0 fully saturated rings. The number of rotatable bonds is 1. The van der Waals surface area contributed by atoms with E-state index >= 15 is 0 Å². The number of carbonyl (C=O) groups is 1. The maximum Gasteiger partial charge on any atom is 0.191 e. The summed E-state index contributed by atoms with van der Waals surface area (Å²) < 4.78 is 0. The lowest BCUT2D eigenvalue weighted by Crippen LogP contribution is -2.47. The van der Waals surface area contributed by atoms with Gasteiger partial charge in [-0.3, -0.25) is 4.79 Å². The molecule has 0 spiro atoms. The van der Waals surface area contributed by atoms with Crippen LogP contribution in [-0.4, -0.2) is 22.2 Å². The molecule has 102 valence electrons. The molecule has 1 atom stereocenters. The zero-order valence-corrected chi connectivity index (χ0v) is 11.9. The summed E-state index contributed by atoms with van der Waals surface area (Å²) >= 11 is 0. The molecule has 0 radical (unpaired) electrons. The maximum atomic E-state index is 12.8. The largest absolute Gasteiger partial charge is 0.359 e. The zero-order valence-electron chi connectivity index (χ0n) is 11.9. The van der Waals surface area contributed by atoms with Crippen molar-refractivity contribution >= 4 is 16.7 Å². The molecular formula is C17H18N2O. The van der Waals surface area contributed by atoms with E-state index in [0.29, 0.717) is 0 Å². The summed E-state index contributed by atoms with van der Waals surface area (Å²) in [5.74, 6) is 0.257. The van der Waals surface area contributed by atoms with Crippen molar-refractivity contribution in [3.63, 3.8) is 0 Å². The van der Waals surface area contributed by atoms with Gasteiger partial charge in [-0.2, -0.15) is 0 Å². The Bertz CT molecular complexity index is 755. The van der Waals surface area contributed by atoms with Crippen LogP contribution < -0.4 is 0 Å². The molecule has 1 aromatic heterocycles. The van der Waals surface area contributed by atoms with Gasteiger partial charge in [-0.15, -0.1) is 0 Å². The minimum Gasteiger partial charge on any atom is -0.359 e. The zero-order chi connectivity index (χ0) is 13.9. The van der Waals surface area contributed by atoms with Crippen molar-refractivity contribution < 1.29 is 4.79 Å². The fourth-order valence-corrected chi connectivity index (χ4v) is 3.72. The molecule has 0 aliphatic carbocycles. The number of nitrogens with zero attached hydrogens (tertiary/aromatic N) is 1. The van der Waals surface area contributed by atoms with Crippen LogP contribution in [0.3, 0.4) is 0 Å². The standard InChI is InChI=1S/C17H18N2O/c1-3-11-10-19-9-8-13-12-6-4-5-7-14(12)18-15(13)17(19,2)16(11)20/h4-7,10,18H,3,8-9H2,1-2H3. The van der Waals surface area contributed by atoms with Gasteiger partial charge in [0.25, 0.3) is 0 Å². The van der Waals surface area contributed by atoms with Crippen LogP contribution in [0.15, 0.2) is 36.0 Å². The van der Waals surface area contributed by atoms with E-state index in [1.54, 1.807) is 0 Å². The van der Waals surface area contributed by atoms with E-state index in [1.165, 1.54) is 10.9 Å². The highest BCUT2D eigenvalue weighted by atomic mass is 16.1. The normalized spacial score (nSPS) is 24.8. The third kappa shape index (κ3) is 1.23. The summed E-state index contributed by atoms with van der Waals surface area (Å²) in [6.07, 6.45) is 3.87. The average molecular weight is 266 g/mol. The lowest BCUT2D eigenvalue weighted by atomic mass is 9.83. The molecule has 3 nitrogen and oxygen atoms in total. The molecule has 20 heavy (non-hydrogen) atoms. The summed E-state index contributed by atoms with van der Waals surface area (Å²) in [5, 5.41) is 1.26. The Morgan fingerprint density at radius 1 is 1.35 bits per heavy atom. The van der Waals surface area contributed by atoms with Gasteiger partial charge in [0.15, 0.2) is 5.78 Å². The predicted octanol–water partition coefficient (Wildman–Crippen LogP) is 3.12. The lowest BCUT2D eigenvalue weighted by Gasteiger charge is -2.39. The van der Waals surface area contributed by atoms with Gasteiger partial charge in [0.1, 0.15) is 5.54 Å². The Morgan fingerprint density at radius 2 is 2.15 bits per heavy atom. The number of benzene rings is 1. The van der Waals surface area contributed by atoms with E-state index in [1.807, 2.05) is 6.07 Å². The molecule has 2 aromatic rings. The van der Waals surface area contributed by atoms with E-state index in [2.05, 4.69) is 48.1 Å². The van der Waals surface area contributed by atoms with Crippen LogP contribution in [0, 0.1) is 0 Å². The summed E-state index contributed by atoms with van der Waals surface area (Å²) in [7, 11) is 0. The van der Waals surface area contributed by atoms with Gasteiger partial charge in [-0.1, -0.05) is 25.1 Å². The lowest BCUT2D eigenvalue weighted by molar-refractivity contribution is -0.124. The molecule has 3 heteroatoms. The van der Waals surface area contributed by atoms with Crippen molar-refractivity contribution in [1.29, 1.82) is 0 Å². The molecule has 1 aromatic carbocycles. The van der Waals surface area contributed by atoms with E-state index in [-0.39, 0.29) is 5.78 Å². The first kappa shape index (κ1) is 11.8. The fraction of sp³-hybridized carbons (Fsp3) is 0.353. The predicted molar refractivity (Wildman–Crippen MR) is 79.4 cm³/mol. The summed E-state index contributed by atoms with van der Waals surface area (Å²) in [5.41, 5.74) is 3.96. The topological polar surface area (TPSA) is 36.1 Å². The van der Waals surface area contributed by atoms with E-state index < -0.39 is 5.54 Å². The minimum atomic E-state index is -0.530. The van der Waals surface area contributed by atoms with E-state index in [4.69, 9.17) is 0 Å². The molecule has 0 amide bonds. The monoisotopic (exact) mass is 266 g/mol. The van der Waals surface area contributed by atoms with Crippen molar-refractivity contribution in [1.82, 2.24) is 9.88 Å². The average Bonchev–Trinajstić information content (AvgIpc) is 2.96. The molecule has 0 bridgehead atoms. The van der Waals surface area contributed by atoms with Gasteiger partial charge < -0.3 is 9.88 Å². The van der Waals surface area contributed by atoms with Crippen molar-refractivity contribution in [2.45, 2.75) is 32.2 Å². The van der Waals surface area contributed by atoms with Gasteiger partial charge in [-0.25, -0.2) is 0 Å². The second kappa shape index (κ2) is 3.75. The van der Waals surface area contributed by atoms with Crippen molar-refractivity contribution in [3.8, 4) is 0 Å². The molecule has 2 aliphatic rings. The van der Waals surface area contributed by atoms with Crippen molar-refractivity contribution in [3.05, 3.63) is 47.3 Å². The number of aromatic amines is 1. The second-order valence-electron chi connectivity index (χ2n) is 5.88. The number of aromatic nitrogens is 1. The number of nitrogens with one attached hydrogen (secondary N) is 1. The molecule has 0 saturated heterocycles.